The lowest BCUT2D eigenvalue weighted by atomic mass is 10.1. The highest BCUT2D eigenvalue weighted by atomic mass is 79.9. The van der Waals surface area contributed by atoms with Crippen LogP contribution < -0.4 is 5.32 Å². The Kier molecular flexibility index (Phi) is 4.08. The van der Waals surface area contributed by atoms with Crippen LogP contribution in [-0.4, -0.2) is 16.1 Å². The molecule has 2 aromatic heterocycles. The summed E-state index contributed by atoms with van der Waals surface area (Å²) in [7, 11) is 0. The molecule has 3 rings (SSSR count). The van der Waals surface area contributed by atoms with Gasteiger partial charge in [-0.1, -0.05) is 22.3 Å². The zero-order valence-corrected chi connectivity index (χ0v) is 14.3. The van der Waals surface area contributed by atoms with Crippen LogP contribution >= 0.6 is 27.3 Å². The lowest BCUT2D eigenvalue weighted by Crippen LogP contribution is -2.12. The topological polar surface area (TPSA) is 68.0 Å². The van der Waals surface area contributed by atoms with E-state index in [9.17, 15) is 4.79 Å². The Morgan fingerprint density at radius 2 is 1.91 bits per heavy atom. The van der Waals surface area contributed by atoms with Gasteiger partial charge in [-0.2, -0.15) is 0 Å². The number of thiophene rings is 1. The van der Waals surface area contributed by atoms with Crippen molar-refractivity contribution in [3.8, 4) is 10.8 Å². The zero-order valence-electron chi connectivity index (χ0n) is 11.9. The van der Waals surface area contributed by atoms with Gasteiger partial charge >= 0.3 is 6.01 Å². The number of amides is 1. The van der Waals surface area contributed by atoms with Crippen molar-refractivity contribution in [1.82, 2.24) is 10.2 Å². The summed E-state index contributed by atoms with van der Waals surface area (Å²) in [6.45, 7) is 3.90. The Balaban J connectivity index is 1.78. The number of carbonyl (C=O) groups excluding carboxylic acids is 1. The smallest absolute Gasteiger partial charge is 0.322 e. The largest absolute Gasteiger partial charge is 0.402 e. The van der Waals surface area contributed by atoms with Gasteiger partial charge in [-0.15, -0.1) is 16.4 Å². The van der Waals surface area contributed by atoms with Crippen molar-refractivity contribution < 1.29 is 9.21 Å². The summed E-state index contributed by atoms with van der Waals surface area (Å²) >= 11 is 4.86. The standard InChI is InChI=1S/C15H12BrN3O2S/c1-8-5-9(2)7-10(6-8)13(20)17-15-19-18-14(21-15)11-3-4-12(16)22-11/h3-7H,1-2H3,(H,17,19,20). The number of aryl methyl sites for hydroxylation is 2. The molecule has 0 aliphatic heterocycles. The SMILES string of the molecule is Cc1cc(C)cc(C(=O)Nc2nnc(-c3ccc(Br)s3)o2)c1. The number of nitrogens with one attached hydrogen (secondary N) is 1. The first-order valence-electron chi connectivity index (χ1n) is 6.50. The summed E-state index contributed by atoms with van der Waals surface area (Å²) in [5.74, 6) is 0.112. The van der Waals surface area contributed by atoms with Crippen molar-refractivity contribution in [1.29, 1.82) is 0 Å². The van der Waals surface area contributed by atoms with Gasteiger partial charge in [0.15, 0.2) is 0 Å². The second-order valence-electron chi connectivity index (χ2n) is 4.85. The molecular weight excluding hydrogens is 366 g/mol. The summed E-state index contributed by atoms with van der Waals surface area (Å²) < 4.78 is 6.44. The molecule has 0 saturated heterocycles. The van der Waals surface area contributed by atoms with Gasteiger partial charge < -0.3 is 4.42 Å². The van der Waals surface area contributed by atoms with Crippen molar-refractivity contribution in [2.45, 2.75) is 13.8 Å². The molecule has 0 aliphatic carbocycles. The Hall–Kier alpha value is -1.99. The molecule has 0 atom stereocenters. The molecule has 5 nitrogen and oxygen atoms in total. The summed E-state index contributed by atoms with van der Waals surface area (Å²) in [5, 5.41) is 10.4. The van der Waals surface area contributed by atoms with E-state index in [1.54, 1.807) is 0 Å². The maximum absolute atomic E-state index is 12.2. The van der Waals surface area contributed by atoms with Gasteiger partial charge in [0, 0.05) is 5.56 Å². The normalized spacial score (nSPS) is 10.7. The molecule has 1 amide bonds. The van der Waals surface area contributed by atoms with Crippen molar-refractivity contribution in [2.24, 2.45) is 0 Å². The second kappa shape index (κ2) is 6.02. The lowest BCUT2D eigenvalue weighted by molar-refractivity contribution is 0.102. The van der Waals surface area contributed by atoms with Crippen LogP contribution in [-0.2, 0) is 0 Å². The van der Waals surface area contributed by atoms with E-state index in [0.29, 0.717) is 11.5 Å². The first-order valence-corrected chi connectivity index (χ1v) is 8.11. The Morgan fingerprint density at radius 1 is 1.18 bits per heavy atom. The molecule has 22 heavy (non-hydrogen) atoms. The number of benzene rings is 1. The predicted molar refractivity (Wildman–Crippen MR) is 89.2 cm³/mol. The van der Waals surface area contributed by atoms with Crippen molar-refractivity contribution in [2.75, 3.05) is 5.32 Å². The molecule has 0 fully saturated rings. The van der Waals surface area contributed by atoms with Crippen LogP contribution in [0, 0.1) is 13.8 Å². The number of hydrogen-bond acceptors (Lipinski definition) is 5. The molecular formula is C15H12BrN3O2S. The van der Waals surface area contributed by atoms with Gasteiger partial charge in [-0.25, -0.2) is 0 Å². The molecule has 2 heterocycles. The van der Waals surface area contributed by atoms with Crippen LogP contribution in [0.5, 0.6) is 0 Å². The molecule has 0 unspecified atom stereocenters. The van der Waals surface area contributed by atoms with E-state index < -0.39 is 0 Å². The monoisotopic (exact) mass is 377 g/mol. The van der Waals surface area contributed by atoms with Gasteiger partial charge in [0.1, 0.15) is 0 Å². The zero-order chi connectivity index (χ0) is 15.7. The first kappa shape index (κ1) is 14.9. The van der Waals surface area contributed by atoms with E-state index in [0.717, 1.165) is 19.8 Å². The number of rotatable bonds is 3. The van der Waals surface area contributed by atoms with E-state index >= 15 is 0 Å². The van der Waals surface area contributed by atoms with Gasteiger partial charge in [0.25, 0.3) is 11.8 Å². The summed E-state index contributed by atoms with van der Waals surface area (Å²) in [5.41, 5.74) is 2.62. The van der Waals surface area contributed by atoms with E-state index in [-0.39, 0.29) is 11.9 Å². The first-order chi connectivity index (χ1) is 10.5. The summed E-state index contributed by atoms with van der Waals surface area (Å²) in [6.07, 6.45) is 0. The van der Waals surface area contributed by atoms with Gasteiger partial charge in [-0.3, -0.25) is 10.1 Å². The van der Waals surface area contributed by atoms with E-state index in [1.807, 2.05) is 44.2 Å². The Labute approximate surface area is 139 Å². The summed E-state index contributed by atoms with van der Waals surface area (Å²) in [6, 6.07) is 9.50. The van der Waals surface area contributed by atoms with E-state index in [2.05, 4.69) is 31.4 Å². The molecule has 112 valence electrons. The lowest BCUT2D eigenvalue weighted by Gasteiger charge is -2.03. The fourth-order valence-corrected chi connectivity index (χ4v) is 3.39. The van der Waals surface area contributed by atoms with Crippen molar-refractivity contribution >= 4 is 39.2 Å². The van der Waals surface area contributed by atoms with Crippen LogP contribution in [0.4, 0.5) is 6.01 Å². The highest BCUT2D eigenvalue weighted by molar-refractivity contribution is 9.11. The molecule has 3 aromatic rings. The fraction of sp³-hybridized carbons (Fsp3) is 0.133. The predicted octanol–water partition coefficient (Wildman–Crippen LogP) is 4.43. The molecule has 0 aliphatic rings. The van der Waals surface area contributed by atoms with Crippen molar-refractivity contribution in [3.63, 3.8) is 0 Å². The Morgan fingerprint density at radius 3 is 2.55 bits per heavy atom. The molecule has 1 N–H and O–H groups in total. The minimum atomic E-state index is -0.269. The van der Waals surface area contributed by atoms with E-state index in [4.69, 9.17) is 4.42 Å². The van der Waals surface area contributed by atoms with Crippen LogP contribution in [0.25, 0.3) is 10.8 Å². The molecule has 0 saturated carbocycles. The highest BCUT2D eigenvalue weighted by Gasteiger charge is 2.14. The maximum Gasteiger partial charge on any atom is 0.322 e. The number of anilines is 1. The van der Waals surface area contributed by atoms with E-state index in [1.165, 1.54) is 11.3 Å². The molecule has 7 heteroatoms. The third kappa shape index (κ3) is 3.26. The average Bonchev–Trinajstić information content (AvgIpc) is 3.06. The number of nitrogens with zero attached hydrogens (tertiary/aromatic N) is 2. The highest BCUT2D eigenvalue weighted by Crippen LogP contribution is 2.31. The van der Waals surface area contributed by atoms with Gasteiger partial charge in [0.05, 0.1) is 8.66 Å². The average molecular weight is 378 g/mol. The summed E-state index contributed by atoms with van der Waals surface area (Å²) in [4.78, 5) is 13.1. The second-order valence-corrected chi connectivity index (χ2v) is 7.31. The minimum Gasteiger partial charge on any atom is -0.402 e. The molecule has 0 spiro atoms. The van der Waals surface area contributed by atoms with Gasteiger partial charge in [-0.05, 0) is 54.0 Å². The van der Waals surface area contributed by atoms with Crippen LogP contribution in [0.15, 0.2) is 38.5 Å². The quantitative estimate of drug-likeness (QED) is 0.732. The van der Waals surface area contributed by atoms with Gasteiger partial charge in [0.2, 0.25) is 0 Å². The maximum atomic E-state index is 12.2. The fourth-order valence-electron chi connectivity index (χ4n) is 2.08. The van der Waals surface area contributed by atoms with Crippen molar-refractivity contribution in [3.05, 3.63) is 50.8 Å². The minimum absolute atomic E-state index is 0.0867. The number of hydrogen-bond donors (Lipinski definition) is 1. The number of halogens is 1. The number of carbonyl (C=O) groups is 1. The third-order valence-corrected chi connectivity index (χ3v) is 4.52. The molecule has 0 bridgehead atoms. The van der Waals surface area contributed by atoms with Crippen LogP contribution in [0.1, 0.15) is 21.5 Å². The molecule has 0 radical (unpaired) electrons. The van der Waals surface area contributed by atoms with Crippen LogP contribution in [0.2, 0.25) is 0 Å². The van der Waals surface area contributed by atoms with Crippen LogP contribution in [0.3, 0.4) is 0 Å². The molecule has 1 aromatic carbocycles. The number of aromatic nitrogens is 2. The Bertz CT molecular complexity index is 821. The third-order valence-electron chi connectivity index (χ3n) is 2.91.